The smallest absolute Gasteiger partial charge is 0.269 e. The molecule has 2 heterocycles. The molecule has 0 unspecified atom stereocenters. The number of methoxy groups -OCH3 is 2. The lowest BCUT2D eigenvalue weighted by Gasteiger charge is -2.33. The number of amides is 2. The van der Waals surface area contributed by atoms with Crippen LogP contribution in [0, 0.1) is 0 Å². The molecule has 0 aromatic rings. The first kappa shape index (κ1) is 35.1. The van der Waals surface area contributed by atoms with E-state index < -0.39 is 35.4 Å². The lowest BCUT2D eigenvalue weighted by atomic mass is 9.87. The van der Waals surface area contributed by atoms with E-state index in [0.29, 0.717) is 55.3 Å². The average molecular weight is 876 g/mol. The molecule has 2 aliphatic carbocycles. The molecule has 17 heteroatoms. The summed E-state index contributed by atoms with van der Waals surface area (Å²) >= 11 is 13.4. The summed E-state index contributed by atoms with van der Waals surface area (Å²) in [4.78, 5) is 36.3. The summed E-state index contributed by atoms with van der Waals surface area (Å²) < 4.78 is 12.4. The van der Waals surface area contributed by atoms with Gasteiger partial charge < -0.3 is 45.1 Å². The number of allylic oxidation sites excluding steroid dienone is 2. The second kappa shape index (κ2) is 14.8. The number of carbonyl (C=O) groups excluding carboxylic acids is 2. The minimum absolute atomic E-state index is 0.0241. The number of aliphatic hydroxyl groups is 3. The third-order valence-corrected chi connectivity index (χ3v) is 10.3. The van der Waals surface area contributed by atoms with E-state index in [4.69, 9.17) is 19.1 Å². The Labute approximate surface area is 287 Å². The van der Waals surface area contributed by atoms with Gasteiger partial charge in [0, 0.05) is 25.9 Å². The van der Waals surface area contributed by atoms with Crippen LogP contribution in [0.4, 0.5) is 0 Å². The van der Waals surface area contributed by atoms with Gasteiger partial charge in [-0.15, -0.1) is 0 Å². The Balaban J connectivity index is 1.11. The van der Waals surface area contributed by atoms with Gasteiger partial charge in [-0.1, -0.05) is 23.2 Å². The Hall–Kier alpha value is -1.76. The molecular weight excluding hydrogens is 844 g/mol. The average Bonchev–Trinajstić information content (AvgIpc) is 3.62. The van der Waals surface area contributed by atoms with Crippen LogP contribution in [0.2, 0.25) is 0 Å². The number of ether oxygens (including phenoxy) is 2. The quantitative estimate of drug-likeness (QED) is 0.185. The highest BCUT2D eigenvalue weighted by Gasteiger charge is 2.51. The fourth-order valence-electron chi connectivity index (χ4n) is 5.04. The van der Waals surface area contributed by atoms with Crippen LogP contribution in [0.5, 0.6) is 0 Å². The highest BCUT2D eigenvalue weighted by Crippen LogP contribution is 2.45. The molecule has 0 saturated heterocycles. The summed E-state index contributed by atoms with van der Waals surface area (Å²) in [5.74, 6) is -0.0293. The molecular formula is C27H32Br4N4O9. The molecule has 5 N–H and O–H groups in total. The summed E-state index contributed by atoms with van der Waals surface area (Å²) in [6, 6.07) is 0. The predicted molar refractivity (Wildman–Crippen MR) is 174 cm³/mol. The second-order valence-electron chi connectivity index (χ2n) is 10.5. The van der Waals surface area contributed by atoms with Crippen LogP contribution in [0.1, 0.15) is 38.5 Å². The minimum Gasteiger partial charge on any atom is -0.495 e. The van der Waals surface area contributed by atoms with Crippen molar-refractivity contribution in [2.75, 3.05) is 27.3 Å². The molecule has 2 amide bonds. The van der Waals surface area contributed by atoms with Crippen molar-refractivity contribution in [3.05, 3.63) is 41.6 Å². The van der Waals surface area contributed by atoms with Crippen molar-refractivity contribution in [2.45, 2.75) is 68.0 Å². The topological polar surface area (TPSA) is 181 Å². The van der Waals surface area contributed by atoms with Crippen LogP contribution >= 0.6 is 63.7 Å². The Morgan fingerprint density at radius 3 is 1.84 bits per heavy atom. The van der Waals surface area contributed by atoms with Crippen LogP contribution in [0.3, 0.4) is 0 Å². The van der Waals surface area contributed by atoms with E-state index in [2.05, 4.69) is 84.7 Å². The van der Waals surface area contributed by atoms with Crippen molar-refractivity contribution in [1.29, 1.82) is 0 Å². The molecule has 0 radical (unpaired) electrons. The van der Waals surface area contributed by atoms with E-state index in [-0.39, 0.29) is 36.7 Å². The van der Waals surface area contributed by atoms with Gasteiger partial charge in [-0.25, -0.2) is 0 Å². The van der Waals surface area contributed by atoms with E-state index in [0.717, 1.165) is 6.42 Å². The summed E-state index contributed by atoms with van der Waals surface area (Å²) in [5, 5.41) is 45.1. The van der Waals surface area contributed by atoms with Gasteiger partial charge in [-0.05, 0) is 88.7 Å². The number of rotatable bonds is 12. The Morgan fingerprint density at radius 2 is 1.36 bits per heavy atom. The molecule has 0 bridgehead atoms. The number of halogens is 4. The van der Waals surface area contributed by atoms with Crippen molar-refractivity contribution in [3.8, 4) is 0 Å². The monoisotopic (exact) mass is 872 g/mol. The molecule has 5 atom stereocenters. The maximum atomic E-state index is 12.6. The summed E-state index contributed by atoms with van der Waals surface area (Å²) in [7, 11) is 2.95. The van der Waals surface area contributed by atoms with Gasteiger partial charge in [0.2, 0.25) is 0 Å². The first-order valence-corrected chi connectivity index (χ1v) is 16.8. The summed E-state index contributed by atoms with van der Waals surface area (Å²) in [5.41, 5.74) is -2.21. The zero-order valence-electron chi connectivity index (χ0n) is 23.7. The number of nitrogens with one attached hydrogen (secondary N) is 2. The number of hydrogen-bond acceptors (Lipinski definition) is 11. The normalized spacial score (nSPS) is 28.6. The van der Waals surface area contributed by atoms with E-state index in [1.54, 1.807) is 12.2 Å². The van der Waals surface area contributed by atoms with Crippen molar-refractivity contribution in [3.63, 3.8) is 0 Å². The zero-order chi connectivity index (χ0) is 32.2. The molecule has 0 aromatic carbocycles. The number of oxime groups is 2. The predicted octanol–water partition coefficient (Wildman–Crippen LogP) is 2.98. The van der Waals surface area contributed by atoms with Crippen molar-refractivity contribution < 1.29 is 44.1 Å². The van der Waals surface area contributed by atoms with Crippen molar-refractivity contribution in [1.82, 2.24) is 10.6 Å². The first-order chi connectivity index (χ1) is 20.9. The highest BCUT2D eigenvalue weighted by atomic mass is 79.9. The first-order valence-electron chi connectivity index (χ1n) is 13.6. The van der Waals surface area contributed by atoms with Crippen LogP contribution in [0.15, 0.2) is 51.9 Å². The second-order valence-corrected chi connectivity index (χ2v) is 14.0. The van der Waals surface area contributed by atoms with Gasteiger partial charge in [-0.2, -0.15) is 0 Å². The highest BCUT2D eigenvalue weighted by molar-refractivity contribution is 9.12. The van der Waals surface area contributed by atoms with Crippen LogP contribution < -0.4 is 10.6 Å². The number of carbonyl (C=O) groups is 2. The summed E-state index contributed by atoms with van der Waals surface area (Å²) in [6.07, 6.45) is 2.87. The van der Waals surface area contributed by atoms with Gasteiger partial charge in [0.1, 0.15) is 35.1 Å². The Bertz CT molecular complexity index is 1360. The van der Waals surface area contributed by atoms with Crippen LogP contribution in [-0.4, -0.2) is 95.4 Å². The largest absolute Gasteiger partial charge is 0.495 e. The van der Waals surface area contributed by atoms with E-state index in [9.17, 15) is 24.9 Å². The maximum Gasteiger partial charge on any atom is 0.269 e. The van der Waals surface area contributed by atoms with Gasteiger partial charge in [0.05, 0.1) is 38.3 Å². The molecule has 0 saturated carbocycles. The van der Waals surface area contributed by atoms with Gasteiger partial charge >= 0.3 is 0 Å². The third kappa shape index (κ3) is 7.28. The zero-order valence-corrected chi connectivity index (χ0v) is 30.1. The molecule has 2 aliphatic heterocycles. The van der Waals surface area contributed by atoms with Gasteiger partial charge in [0.15, 0.2) is 11.2 Å². The third-order valence-electron chi connectivity index (χ3n) is 7.49. The molecule has 4 rings (SSSR count). The van der Waals surface area contributed by atoms with E-state index >= 15 is 0 Å². The number of unbranched alkanes of at least 4 members (excludes halogenated alkanes) is 2. The van der Waals surface area contributed by atoms with Gasteiger partial charge in [0.25, 0.3) is 11.8 Å². The Kier molecular flexibility index (Phi) is 11.8. The lowest BCUT2D eigenvalue weighted by Crippen LogP contribution is -2.45. The molecule has 4 aliphatic rings. The maximum absolute atomic E-state index is 12.6. The molecule has 2 spiro atoms. The molecule has 44 heavy (non-hydrogen) atoms. The number of aliphatic hydroxyl groups excluding tert-OH is 3. The standard InChI is InChI=1S/C27H32Br4N4O9/c1-41-20-14(28)8-26(22(37)18(20)30)10-16(34-43-26)24(39)32-7-5-3-4-6-13(36)12-33-25(40)17-11-27(44-35-17)9-15(29)21(42-2)19(31)23(27)38/h8-9,13,22-23,36-38H,3-7,10-12H2,1-2H3,(H,32,39)(H,33,40)/t13-,22+,23-,26-,27+/m1/s1. The van der Waals surface area contributed by atoms with Crippen LogP contribution in [-0.2, 0) is 28.7 Å². The molecule has 242 valence electrons. The molecule has 13 nitrogen and oxygen atoms in total. The fourth-order valence-corrected chi connectivity index (χ4v) is 8.62. The number of hydrogen-bond donors (Lipinski definition) is 5. The van der Waals surface area contributed by atoms with E-state index in [1.165, 1.54) is 14.2 Å². The number of nitrogens with zero attached hydrogens (tertiary/aromatic N) is 2. The van der Waals surface area contributed by atoms with Gasteiger partial charge in [-0.3, -0.25) is 9.59 Å². The molecule has 0 aromatic heterocycles. The molecule has 0 fully saturated rings. The lowest BCUT2D eigenvalue weighted by molar-refractivity contribution is -0.115. The van der Waals surface area contributed by atoms with Crippen LogP contribution in [0.25, 0.3) is 0 Å². The summed E-state index contributed by atoms with van der Waals surface area (Å²) in [6.45, 7) is 0.419. The van der Waals surface area contributed by atoms with Crippen molar-refractivity contribution >= 4 is 87.0 Å². The minimum atomic E-state index is -1.26. The Morgan fingerprint density at radius 1 is 0.886 bits per heavy atom. The van der Waals surface area contributed by atoms with Crippen molar-refractivity contribution in [2.24, 2.45) is 10.3 Å². The fraction of sp³-hybridized carbons (Fsp3) is 0.556. The SMILES string of the molecule is COC1=C(Br)[C@@H](O)[C@]2(C=C1Br)CC(C(=O)NC[C@H](O)CCCCCNC(=O)C1=NO[C@]3(C=C(Br)C(OC)=C(Br)[C@@H]3O)C1)=NO2. The van der Waals surface area contributed by atoms with E-state index in [1.807, 2.05) is 0 Å².